The molecule has 0 nitrogen and oxygen atoms in total. The predicted octanol–water partition coefficient (Wildman–Crippen LogP) is 4.10. The second-order valence-corrected chi connectivity index (χ2v) is 3.10. The van der Waals surface area contributed by atoms with Crippen molar-refractivity contribution >= 4 is 38.4 Å². The summed E-state index contributed by atoms with van der Waals surface area (Å²) in [5, 5.41) is 2.67. The Kier molecular flexibility index (Phi) is 5.30. The van der Waals surface area contributed by atoms with E-state index >= 15 is 0 Å². The Balaban J connectivity index is 0.000000336. The van der Waals surface area contributed by atoms with Gasteiger partial charge in [-0.25, -0.2) is 8.19 Å². The first-order chi connectivity index (χ1) is 5.97. The average molecular weight is 337 g/mol. The van der Waals surface area contributed by atoms with E-state index in [1.54, 1.807) is 0 Å². The Morgan fingerprint density at radius 1 is 1.17 bits per heavy atom. The van der Waals surface area contributed by atoms with Crippen LogP contribution in [0.4, 0.5) is 0 Å². The topological polar surface area (TPSA) is 0 Å². The van der Waals surface area contributed by atoms with E-state index < -0.39 is 0 Å². The normalized spacial score (nSPS) is 9.58. The minimum absolute atomic E-state index is 1.19. The van der Waals surface area contributed by atoms with Crippen LogP contribution in [0.15, 0.2) is 36.4 Å². The molecular formula is C9H6IPZn. The van der Waals surface area contributed by atoms with E-state index in [2.05, 4.69) is 55.9 Å². The van der Waals surface area contributed by atoms with Crippen LogP contribution in [0.3, 0.4) is 0 Å². The molecule has 0 atom stereocenters. The molecule has 56 valence electrons. The third kappa shape index (κ3) is 2.76. The summed E-state index contributed by atoms with van der Waals surface area (Å²) in [6.45, 7) is 0. The van der Waals surface area contributed by atoms with Gasteiger partial charge in [-0.2, -0.15) is 17.9 Å². The molecular weight excluding hydrogens is 331 g/mol. The summed E-state index contributed by atoms with van der Waals surface area (Å²) in [5.74, 6) is 3.13. The standard InChI is InChI=1S/C9H6P.HI.Zn/c1-2-6-9-8(4-1)5-3-7-10-9;;/h1-6H;1H;/q-1;;+2/p-1. The van der Waals surface area contributed by atoms with Crippen LogP contribution in [0.2, 0.25) is 0 Å². The van der Waals surface area contributed by atoms with Gasteiger partial charge in [0.2, 0.25) is 0 Å². The van der Waals surface area contributed by atoms with Gasteiger partial charge in [-0.1, -0.05) is 18.2 Å². The fourth-order valence-electron chi connectivity index (χ4n) is 0.964. The minimum atomic E-state index is 1.19. The second-order valence-electron chi connectivity index (χ2n) is 2.13. The first-order valence-electron chi connectivity index (χ1n) is 3.45. The van der Waals surface area contributed by atoms with Gasteiger partial charge in [0.25, 0.3) is 0 Å². The molecule has 12 heavy (non-hydrogen) atoms. The SMILES string of the molecule is [Zn+][I].[c-]1ccc2ccccc2p1. The van der Waals surface area contributed by atoms with Crippen LogP contribution in [0, 0.1) is 5.80 Å². The summed E-state index contributed by atoms with van der Waals surface area (Å²) in [6, 6.07) is 12.4. The molecule has 0 spiro atoms. The molecule has 0 saturated carbocycles. The minimum Gasteiger partial charge on any atom is -0.211 e. The number of rotatable bonds is 0. The molecule has 0 aliphatic rings. The molecule has 2 rings (SSSR count). The van der Waals surface area contributed by atoms with Crippen LogP contribution in [-0.2, 0) is 14.8 Å². The van der Waals surface area contributed by atoms with Gasteiger partial charge in [-0.05, 0) is 0 Å². The summed E-state index contributed by atoms with van der Waals surface area (Å²) in [5.41, 5.74) is 0. The zero-order valence-electron chi connectivity index (χ0n) is 6.50. The van der Waals surface area contributed by atoms with Gasteiger partial charge in [-0.3, -0.25) is 0 Å². The molecule has 0 aliphatic carbocycles. The molecule has 0 radical (unpaired) electrons. The molecule has 0 fully saturated rings. The van der Waals surface area contributed by atoms with E-state index in [0.29, 0.717) is 0 Å². The van der Waals surface area contributed by atoms with Gasteiger partial charge in [0.15, 0.2) is 0 Å². The summed E-state index contributed by atoms with van der Waals surface area (Å²) < 4.78 is 0. The van der Waals surface area contributed by atoms with Crippen LogP contribution in [0.25, 0.3) is 10.5 Å². The monoisotopic (exact) mass is 336 g/mol. The number of benzene rings is 1. The van der Waals surface area contributed by atoms with Crippen molar-refractivity contribution in [2.75, 3.05) is 0 Å². The smallest absolute Gasteiger partial charge is 0.0647 e. The van der Waals surface area contributed by atoms with Gasteiger partial charge in [0, 0.05) is 0 Å². The van der Waals surface area contributed by atoms with Crippen LogP contribution < -0.4 is 0 Å². The molecule has 1 aromatic heterocycles. The van der Waals surface area contributed by atoms with Crippen LogP contribution in [0.1, 0.15) is 0 Å². The van der Waals surface area contributed by atoms with E-state index in [9.17, 15) is 0 Å². The molecule has 1 aromatic carbocycles. The van der Waals surface area contributed by atoms with Crippen molar-refractivity contribution in [1.82, 2.24) is 0 Å². The first kappa shape index (κ1) is 10.6. The number of hydrogen-bond acceptors (Lipinski definition) is 0. The third-order valence-electron chi connectivity index (χ3n) is 1.46. The van der Waals surface area contributed by atoms with E-state index in [0.717, 1.165) is 0 Å². The second kappa shape index (κ2) is 6.02. The maximum atomic E-state index is 3.13. The fourth-order valence-corrected chi connectivity index (χ4v) is 1.69. The quantitative estimate of drug-likeness (QED) is 0.386. The number of hydrogen-bond donors (Lipinski definition) is 0. The van der Waals surface area contributed by atoms with Crippen molar-refractivity contribution in [1.29, 1.82) is 0 Å². The predicted molar refractivity (Wildman–Crippen MR) is 59.3 cm³/mol. The molecule has 1 heterocycles. The molecule has 0 amide bonds. The van der Waals surface area contributed by atoms with Crippen LogP contribution >= 0.6 is 27.9 Å². The van der Waals surface area contributed by atoms with Gasteiger partial charge >= 0.3 is 34.5 Å². The average Bonchev–Trinajstić information content (AvgIpc) is 2.21. The Morgan fingerprint density at radius 2 is 1.92 bits per heavy atom. The Labute approximate surface area is 94.7 Å². The molecule has 0 N–H and O–H groups in total. The Morgan fingerprint density at radius 3 is 2.67 bits per heavy atom. The van der Waals surface area contributed by atoms with E-state index in [1.165, 1.54) is 33.5 Å². The molecule has 2 aromatic rings. The van der Waals surface area contributed by atoms with Crippen molar-refractivity contribution in [2.24, 2.45) is 0 Å². The van der Waals surface area contributed by atoms with E-state index in [1.807, 2.05) is 6.07 Å². The largest absolute Gasteiger partial charge is 0.211 e. The van der Waals surface area contributed by atoms with Crippen molar-refractivity contribution in [3.05, 3.63) is 42.2 Å². The maximum Gasteiger partial charge on any atom is -0.0647 e. The number of fused-ring (bicyclic) bond motifs is 1. The first-order valence-corrected chi connectivity index (χ1v) is 13.4. The van der Waals surface area contributed by atoms with Crippen molar-refractivity contribution in [2.45, 2.75) is 0 Å². The van der Waals surface area contributed by atoms with Gasteiger partial charge < -0.3 is 0 Å². The summed E-state index contributed by atoms with van der Waals surface area (Å²) in [7, 11) is 1.19. The fraction of sp³-hybridized carbons (Fsp3) is 0. The zero-order chi connectivity index (χ0) is 8.81. The maximum absolute atomic E-state index is 3.13. The van der Waals surface area contributed by atoms with Crippen molar-refractivity contribution < 1.29 is 14.8 Å². The van der Waals surface area contributed by atoms with Crippen molar-refractivity contribution in [3.63, 3.8) is 0 Å². The molecule has 0 aliphatic heterocycles. The van der Waals surface area contributed by atoms with E-state index in [-0.39, 0.29) is 0 Å². The summed E-state index contributed by atoms with van der Waals surface area (Å²) in [4.78, 5) is 0. The van der Waals surface area contributed by atoms with Gasteiger partial charge in [0.1, 0.15) is 0 Å². The van der Waals surface area contributed by atoms with Crippen molar-refractivity contribution in [3.8, 4) is 0 Å². The Bertz CT molecular complexity index is 286. The van der Waals surface area contributed by atoms with Crippen LogP contribution in [-0.4, -0.2) is 0 Å². The van der Waals surface area contributed by atoms with Crippen LogP contribution in [0.5, 0.6) is 0 Å². The summed E-state index contributed by atoms with van der Waals surface area (Å²) in [6.07, 6.45) is 0. The molecule has 0 unspecified atom stereocenters. The van der Waals surface area contributed by atoms with Gasteiger partial charge in [0.05, 0.1) is 0 Å². The molecule has 0 bridgehead atoms. The molecule has 3 heteroatoms. The van der Waals surface area contributed by atoms with E-state index in [4.69, 9.17) is 0 Å². The van der Waals surface area contributed by atoms with Gasteiger partial charge in [-0.15, -0.1) is 16.6 Å². The zero-order valence-corrected chi connectivity index (χ0v) is 12.5. The Hall–Kier alpha value is 0.483. The summed E-state index contributed by atoms with van der Waals surface area (Å²) >= 11 is 3.62. The molecule has 0 saturated heterocycles. The number of halogens is 1. The third-order valence-corrected chi connectivity index (χ3v) is 2.39.